The highest BCUT2D eigenvalue weighted by molar-refractivity contribution is 7.99. The first-order valence-electron chi connectivity index (χ1n) is 11.3. The SMILES string of the molecule is O=C(NC1(C(=O)N2CSC[C@H]2C(=O)O)CCOCC1)OCC1c2ccccc2-c2ccccc21. The fraction of sp³-hybridized carbons (Fsp3) is 0.400. The van der Waals surface area contributed by atoms with Crippen LogP contribution in [0.15, 0.2) is 48.5 Å². The predicted octanol–water partition coefficient (Wildman–Crippen LogP) is 3.06. The number of carboxylic acids is 1. The van der Waals surface area contributed by atoms with E-state index in [9.17, 15) is 19.5 Å². The van der Waals surface area contributed by atoms with Crippen molar-refractivity contribution < 1.29 is 29.0 Å². The Kier molecular flexibility index (Phi) is 6.22. The van der Waals surface area contributed by atoms with Crippen LogP contribution in [0.3, 0.4) is 0 Å². The molecule has 34 heavy (non-hydrogen) atoms. The summed E-state index contributed by atoms with van der Waals surface area (Å²) in [5, 5.41) is 12.3. The first kappa shape index (κ1) is 22.7. The minimum Gasteiger partial charge on any atom is -0.480 e. The van der Waals surface area contributed by atoms with Gasteiger partial charge in [0.15, 0.2) is 0 Å². The molecule has 0 aromatic heterocycles. The molecule has 0 spiro atoms. The lowest BCUT2D eigenvalue weighted by molar-refractivity contribution is -0.152. The van der Waals surface area contributed by atoms with Crippen LogP contribution in [0.2, 0.25) is 0 Å². The van der Waals surface area contributed by atoms with E-state index in [0.29, 0.717) is 19.0 Å². The molecule has 2 aromatic carbocycles. The van der Waals surface area contributed by atoms with Crippen molar-refractivity contribution in [2.24, 2.45) is 0 Å². The van der Waals surface area contributed by atoms with Gasteiger partial charge in [0.2, 0.25) is 5.91 Å². The fourth-order valence-corrected chi connectivity index (χ4v) is 6.21. The molecule has 3 aliphatic rings. The molecule has 2 fully saturated rings. The summed E-state index contributed by atoms with van der Waals surface area (Å²) in [7, 11) is 0. The molecule has 8 nitrogen and oxygen atoms in total. The number of ether oxygens (including phenoxy) is 2. The van der Waals surface area contributed by atoms with E-state index >= 15 is 0 Å². The van der Waals surface area contributed by atoms with Gasteiger partial charge in [0, 0.05) is 37.7 Å². The number of benzene rings is 2. The molecule has 2 amide bonds. The number of carbonyl (C=O) groups excluding carboxylic acids is 2. The number of nitrogens with one attached hydrogen (secondary N) is 1. The molecule has 0 saturated carbocycles. The number of amides is 2. The number of hydrogen-bond donors (Lipinski definition) is 2. The van der Waals surface area contributed by atoms with Crippen LogP contribution in [-0.2, 0) is 19.1 Å². The maximum atomic E-state index is 13.5. The van der Waals surface area contributed by atoms with Crippen molar-refractivity contribution in [1.29, 1.82) is 0 Å². The molecule has 178 valence electrons. The van der Waals surface area contributed by atoms with Gasteiger partial charge < -0.3 is 24.8 Å². The number of rotatable bonds is 5. The molecule has 1 aliphatic carbocycles. The van der Waals surface area contributed by atoms with Gasteiger partial charge in [-0.05, 0) is 22.3 Å². The van der Waals surface area contributed by atoms with Crippen LogP contribution in [0.1, 0.15) is 29.9 Å². The van der Waals surface area contributed by atoms with E-state index in [1.165, 1.54) is 16.7 Å². The van der Waals surface area contributed by atoms with Crippen LogP contribution in [0, 0.1) is 0 Å². The van der Waals surface area contributed by atoms with Crippen molar-refractivity contribution in [3.8, 4) is 11.1 Å². The minimum absolute atomic E-state index is 0.0918. The van der Waals surface area contributed by atoms with Crippen LogP contribution in [-0.4, -0.2) is 71.0 Å². The zero-order valence-corrected chi connectivity index (χ0v) is 19.4. The highest BCUT2D eigenvalue weighted by Gasteiger charge is 2.48. The predicted molar refractivity (Wildman–Crippen MR) is 127 cm³/mol. The monoisotopic (exact) mass is 482 g/mol. The van der Waals surface area contributed by atoms with Crippen LogP contribution in [0.25, 0.3) is 11.1 Å². The largest absolute Gasteiger partial charge is 0.480 e. The zero-order valence-electron chi connectivity index (χ0n) is 18.6. The van der Waals surface area contributed by atoms with Gasteiger partial charge in [0.05, 0.1) is 5.88 Å². The van der Waals surface area contributed by atoms with Gasteiger partial charge in [-0.2, -0.15) is 0 Å². The smallest absolute Gasteiger partial charge is 0.408 e. The highest BCUT2D eigenvalue weighted by Crippen LogP contribution is 2.44. The second-order valence-corrected chi connectivity index (χ2v) is 9.77. The lowest BCUT2D eigenvalue weighted by atomic mass is 9.88. The number of hydrogen-bond acceptors (Lipinski definition) is 6. The number of alkyl carbamates (subject to hydrolysis) is 1. The molecule has 5 rings (SSSR count). The van der Waals surface area contributed by atoms with Gasteiger partial charge >= 0.3 is 12.1 Å². The van der Waals surface area contributed by atoms with Crippen LogP contribution in [0.5, 0.6) is 0 Å². The molecule has 2 aromatic rings. The normalized spacial score (nSPS) is 20.9. The number of thioether (sulfide) groups is 1. The summed E-state index contributed by atoms with van der Waals surface area (Å²) in [6, 6.07) is 15.2. The van der Waals surface area contributed by atoms with E-state index in [-0.39, 0.29) is 37.2 Å². The second-order valence-electron chi connectivity index (χ2n) is 8.77. The Morgan fingerprint density at radius 3 is 2.29 bits per heavy atom. The van der Waals surface area contributed by atoms with E-state index in [2.05, 4.69) is 17.4 Å². The highest BCUT2D eigenvalue weighted by atomic mass is 32.2. The van der Waals surface area contributed by atoms with Gasteiger partial charge in [-0.3, -0.25) is 4.79 Å². The third kappa shape index (κ3) is 4.03. The maximum Gasteiger partial charge on any atom is 0.408 e. The molecule has 0 radical (unpaired) electrons. The zero-order chi connectivity index (χ0) is 23.7. The van der Waals surface area contributed by atoms with Crippen LogP contribution in [0.4, 0.5) is 4.79 Å². The quantitative estimate of drug-likeness (QED) is 0.675. The van der Waals surface area contributed by atoms with Gasteiger partial charge in [0.25, 0.3) is 0 Å². The molecule has 2 saturated heterocycles. The Bertz CT molecular complexity index is 1070. The first-order valence-corrected chi connectivity index (χ1v) is 12.5. The average Bonchev–Trinajstić information content (AvgIpc) is 3.46. The third-order valence-electron chi connectivity index (χ3n) is 6.87. The molecule has 2 aliphatic heterocycles. The van der Waals surface area contributed by atoms with Gasteiger partial charge in [-0.1, -0.05) is 48.5 Å². The number of carbonyl (C=O) groups is 3. The Balaban J connectivity index is 1.32. The van der Waals surface area contributed by atoms with Crippen molar-refractivity contribution in [2.45, 2.75) is 30.3 Å². The van der Waals surface area contributed by atoms with Crippen molar-refractivity contribution in [2.75, 3.05) is 31.5 Å². The van der Waals surface area contributed by atoms with Crippen molar-refractivity contribution in [3.63, 3.8) is 0 Å². The van der Waals surface area contributed by atoms with Crippen LogP contribution >= 0.6 is 11.8 Å². The summed E-state index contributed by atoms with van der Waals surface area (Å²) in [4.78, 5) is 39.4. The van der Waals surface area contributed by atoms with E-state index in [1.807, 2.05) is 36.4 Å². The van der Waals surface area contributed by atoms with E-state index in [1.54, 1.807) is 0 Å². The Labute approximate surface area is 201 Å². The van der Waals surface area contributed by atoms with E-state index in [4.69, 9.17) is 9.47 Å². The molecule has 0 bridgehead atoms. The Morgan fingerprint density at radius 2 is 1.68 bits per heavy atom. The lowest BCUT2D eigenvalue weighted by Crippen LogP contribution is -2.63. The Hall–Kier alpha value is -3.04. The van der Waals surface area contributed by atoms with E-state index in [0.717, 1.165) is 22.3 Å². The molecule has 1 atom stereocenters. The van der Waals surface area contributed by atoms with Gasteiger partial charge in [-0.15, -0.1) is 11.8 Å². The standard InChI is InChI=1S/C25H26N2O6S/c28-22(29)21-14-34-15-27(21)23(30)25(9-11-32-12-10-25)26-24(31)33-13-20-18-7-3-1-5-16(18)17-6-2-4-8-19(17)20/h1-8,20-21H,9-15H2,(H,26,31)(H,28,29)/t21-/m0/s1. The lowest BCUT2D eigenvalue weighted by Gasteiger charge is -2.39. The topological polar surface area (TPSA) is 105 Å². The number of aliphatic carboxylic acids is 1. The van der Waals surface area contributed by atoms with Crippen molar-refractivity contribution in [1.82, 2.24) is 10.2 Å². The number of fused-ring (bicyclic) bond motifs is 3. The average molecular weight is 483 g/mol. The number of nitrogens with zero attached hydrogens (tertiary/aromatic N) is 1. The second kappa shape index (κ2) is 9.31. The summed E-state index contributed by atoms with van der Waals surface area (Å²) in [6.45, 7) is 0.736. The Morgan fingerprint density at radius 1 is 1.06 bits per heavy atom. The summed E-state index contributed by atoms with van der Waals surface area (Å²) < 4.78 is 11.1. The molecular weight excluding hydrogens is 456 g/mol. The molecule has 0 unspecified atom stereocenters. The fourth-order valence-electron chi connectivity index (χ4n) is 5.06. The molecule has 2 N–H and O–H groups in total. The van der Waals surface area contributed by atoms with Gasteiger partial charge in [0.1, 0.15) is 18.2 Å². The molecule has 9 heteroatoms. The minimum atomic E-state index is -1.24. The third-order valence-corrected chi connectivity index (χ3v) is 7.88. The van der Waals surface area contributed by atoms with Crippen molar-refractivity contribution >= 4 is 29.7 Å². The maximum absolute atomic E-state index is 13.5. The number of carboxylic acid groups (broad SMARTS) is 1. The summed E-state index contributed by atoms with van der Waals surface area (Å²) >= 11 is 1.39. The van der Waals surface area contributed by atoms with Gasteiger partial charge in [-0.25, -0.2) is 9.59 Å². The first-order chi connectivity index (χ1) is 16.5. The van der Waals surface area contributed by atoms with E-state index < -0.39 is 23.6 Å². The molecular formula is C25H26N2O6S. The van der Waals surface area contributed by atoms with Crippen LogP contribution < -0.4 is 5.32 Å². The summed E-state index contributed by atoms with van der Waals surface area (Å²) in [6.07, 6.45) is -0.150. The van der Waals surface area contributed by atoms with Crippen molar-refractivity contribution in [3.05, 3.63) is 59.7 Å². The molecule has 2 heterocycles. The summed E-state index contributed by atoms with van der Waals surface area (Å²) in [5.74, 6) is -0.905. The summed E-state index contributed by atoms with van der Waals surface area (Å²) in [5.41, 5.74) is 3.24.